The summed E-state index contributed by atoms with van der Waals surface area (Å²) in [5.41, 5.74) is -0.299. The second-order valence-corrected chi connectivity index (χ2v) is 7.96. The summed E-state index contributed by atoms with van der Waals surface area (Å²) in [6.07, 6.45) is 0.775. The Labute approximate surface area is 92.1 Å². The van der Waals surface area contributed by atoms with Gasteiger partial charge in [0.05, 0.1) is 10.9 Å². The summed E-state index contributed by atoms with van der Waals surface area (Å²) < 4.78 is 25.3. The minimum Gasteiger partial charge on any atom is -0.391 e. The van der Waals surface area contributed by atoms with Gasteiger partial charge in [0.25, 0.3) is 0 Å². The fourth-order valence-electron chi connectivity index (χ4n) is 1.11. The predicted octanol–water partition coefficient (Wildman–Crippen LogP) is 0.865. The molecule has 0 radical (unpaired) electrons. The molecule has 4 nitrogen and oxygen atoms in total. The Balaban J connectivity index is 2.51. The minimum atomic E-state index is -3.25. The minimum absolute atomic E-state index is 0.0986. The lowest BCUT2D eigenvalue weighted by Crippen LogP contribution is -2.42. The molecule has 1 unspecified atom stereocenters. The number of sulfonamides is 1. The lowest BCUT2D eigenvalue weighted by Gasteiger charge is -2.26. The van der Waals surface area contributed by atoms with Gasteiger partial charge in [-0.05, 0) is 25.2 Å². The summed E-state index contributed by atoms with van der Waals surface area (Å²) in [5.74, 6) is 0. The molecule has 0 aromatic rings. The molecule has 1 aliphatic carbocycles. The van der Waals surface area contributed by atoms with Crippen LogP contribution in [0.25, 0.3) is 0 Å². The number of hydrogen-bond acceptors (Lipinski definition) is 3. The van der Waals surface area contributed by atoms with E-state index < -0.39 is 20.9 Å². The molecule has 0 spiro atoms. The standard InChI is InChI=1S/C10H21NO3S/c1-9(2,3)8(12)7-11-15(13,14)10(4)5-6-10/h8,11-12H,5-7H2,1-4H3. The van der Waals surface area contributed by atoms with E-state index in [4.69, 9.17) is 0 Å². The molecule has 1 fully saturated rings. The number of hydrogen-bond donors (Lipinski definition) is 2. The second kappa shape index (κ2) is 3.71. The Hall–Kier alpha value is -0.130. The fourth-order valence-corrected chi connectivity index (χ4v) is 2.48. The maximum atomic E-state index is 11.7. The van der Waals surface area contributed by atoms with E-state index in [9.17, 15) is 13.5 Å². The number of rotatable bonds is 4. The molecule has 1 saturated carbocycles. The Bertz CT molecular complexity index is 325. The van der Waals surface area contributed by atoms with Gasteiger partial charge in [0, 0.05) is 6.54 Å². The SMILES string of the molecule is CC(C)(C)C(O)CNS(=O)(=O)C1(C)CC1. The van der Waals surface area contributed by atoms with E-state index in [1.54, 1.807) is 6.92 Å². The van der Waals surface area contributed by atoms with Gasteiger partial charge in [-0.1, -0.05) is 20.8 Å². The van der Waals surface area contributed by atoms with Crippen LogP contribution in [-0.2, 0) is 10.0 Å². The Kier molecular flexibility index (Phi) is 3.20. The molecule has 0 aromatic heterocycles. The molecule has 1 aliphatic rings. The maximum Gasteiger partial charge on any atom is 0.217 e. The molecular formula is C10H21NO3S. The molecule has 15 heavy (non-hydrogen) atoms. The van der Waals surface area contributed by atoms with Crippen LogP contribution >= 0.6 is 0 Å². The van der Waals surface area contributed by atoms with E-state index in [0.29, 0.717) is 12.8 Å². The smallest absolute Gasteiger partial charge is 0.217 e. The molecule has 0 aliphatic heterocycles. The largest absolute Gasteiger partial charge is 0.391 e. The van der Waals surface area contributed by atoms with Crippen LogP contribution in [0, 0.1) is 5.41 Å². The first-order valence-corrected chi connectivity index (χ1v) is 6.74. The highest BCUT2D eigenvalue weighted by molar-refractivity contribution is 7.91. The van der Waals surface area contributed by atoms with Crippen LogP contribution in [0.4, 0.5) is 0 Å². The first-order chi connectivity index (χ1) is 6.58. The van der Waals surface area contributed by atoms with E-state index in [-0.39, 0.29) is 12.0 Å². The Morgan fingerprint density at radius 2 is 1.87 bits per heavy atom. The van der Waals surface area contributed by atoms with Crippen molar-refractivity contribution < 1.29 is 13.5 Å². The van der Waals surface area contributed by atoms with Gasteiger partial charge in [-0.15, -0.1) is 0 Å². The first-order valence-electron chi connectivity index (χ1n) is 5.26. The molecule has 0 bridgehead atoms. The molecule has 0 heterocycles. The van der Waals surface area contributed by atoms with Crippen molar-refractivity contribution in [1.82, 2.24) is 4.72 Å². The Morgan fingerprint density at radius 1 is 1.40 bits per heavy atom. The van der Waals surface area contributed by atoms with Crippen molar-refractivity contribution in [2.75, 3.05) is 6.54 Å². The zero-order valence-electron chi connectivity index (χ0n) is 9.87. The summed E-state index contributed by atoms with van der Waals surface area (Å²) >= 11 is 0. The van der Waals surface area contributed by atoms with E-state index in [1.165, 1.54) is 0 Å². The molecule has 1 rings (SSSR count). The molecule has 1 atom stereocenters. The maximum absolute atomic E-state index is 11.7. The number of aliphatic hydroxyl groups excluding tert-OH is 1. The van der Waals surface area contributed by atoms with Gasteiger partial charge in [0.1, 0.15) is 0 Å². The summed E-state index contributed by atoms with van der Waals surface area (Å²) in [6.45, 7) is 7.47. The zero-order chi connectivity index (χ0) is 11.9. The summed E-state index contributed by atoms with van der Waals surface area (Å²) in [4.78, 5) is 0. The van der Waals surface area contributed by atoms with Crippen molar-refractivity contribution in [3.8, 4) is 0 Å². The molecule has 0 saturated heterocycles. The van der Waals surface area contributed by atoms with Gasteiger partial charge in [0.2, 0.25) is 10.0 Å². The third-order valence-electron chi connectivity index (χ3n) is 3.07. The van der Waals surface area contributed by atoms with Crippen LogP contribution < -0.4 is 4.72 Å². The van der Waals surface area contributed by atoms with E-state index in [0.717, 1.165) is 0 Å². The van der Waals surface area contributed by atoms with Crippen LogP contribution in [0.1, 0.15) is 40.5 Å². The highest BCUT2D eigenvalue weighted by Crippen LogP contribution is 2.42. The molecule has 0 aromatic carbocycles. The Morgan fingerprint density at radius 3 is 2.20 bits per heavy atom. The molecule has 0 amide bonds. The van der Waals surface area contributed by atoms with Gasteiger partial charge >= 0.3 is 0 Å². The van der Waals surface area contributed by atoms with Crippen molar-refractivity contribution in [3.63, 3.8) is 0 Å². The van der Waals surface area contributed by atoms with Crippen molar-refractivity contribution in [2.24, 2.45) is 5.41 Å². The van der Waals surface area contributed by atoms with Gasteiger partial charge < -0.3 is 5.11 Å². The third-order valence-corrected chi connectivity index (χ3v) is 5.32. The van der Waals surface area contributed by atoms with Crippen LogP contribution in [0.2, 0.25) is 0 Å². The highest BCUT2D eigenvalue weighted by atomic mass is 32.2. The van der Waals surface area contributed by atoms with Gasteiger partial charge in [-0.25, -0.2) is 13.1 Å². The first kappa shape index (κ1) is 12.9. The quantitative estimate of drug-likeness (QED) is 0.759. The lowest BCUT2D eigenvalue weighted by molar-refractivity contribution is 0.0676. The number of aliphatic hydroxyl groups is 1. The fraction of sp³-hybridized carbons (Fsp3) is 1.00. The molecule has 2 N–H and O–H groups in total. The average Bonchev–Trinajstić information content (AvgIpc) is 2.79. The van der Waals surface area contributed by atoms with Gasteiger partial charge in [-0.3, -0.25) is 0 Å². The van der Waals surface area contributed by atoms with Crippen molar-refractivity contribution in [2.45, 2.75) is 51.4 Å². The van der Waals surface area contributed by atoms with Crippen LogP contribution in [0.5, 0.6) is 0 Å². The van der Waals surface area contributed by atoms with Crippen molar-refractivity contribution >= 4 is 10.0 Å². The van der Waals surface area contributed by atoms with Crippen LogP contribution in [0.15, 0.2) is 0 Å². The van der Waals surface area contributed by atoms with Gasteiger partial charge in [0.15, 0.2) is 0 Å². The highest BCUT2D eigenvalue weighted by Gasteiger charge is 2.50. The second-order valence-electron chi connectivity index (χ2n) is 5.68. The predicted molar refractivity (Wildman–Crippen MR) is 60.0 cm³/mol. The monoisotopic (exact) mass is 235 g/mol. The third kappa shape index (κ3) is 2.92. The normalized spacial score (nSPS) is 22.5. The molecule has 5 heteroatoms. The topological polar surface area (TPSA) is 66.4 Å². The van der Waals surface area contributed by atoms with Crippen molar-refractivity contribution in [3.05, 3.63) is 0 Å². The summed E-state index contributed by atoms with van der Waals surface area (Å²) in [6, 6.07) is 0. The molecule has 90 valence electrons. The number of nitrogens with one attached hydrogen (secondary N) is 1. The zero-order valence-corrected chi connectivity index (χ0v) is 10.7. The van der Waals surface area contributed by atoms with E-state index in [1.807, 2.05) is 20.8 Å². The van der Waals surface area contributed by atoms with Crippen LogP contribution in [0.3, 0.4) is 0 Å². The summed E-state index contributed by atoms with van der Waals surface area (Å²) in [5, 5.41) is 9.71. The van der Waals surface area contributed by atoms with E-state index in [2.05, 4.69) is 4.72 Å². The van der Waals surface area contributed by atoms with Crippen molar-refractivity contribution in [1.29, 1.82) is 0 Å². The lowest BCUT2D eigenvalue weighted by atomic mass is 9.89. The summed E-state index contributed by atoms with van der Waals surface area (Å²) in [7, 11) is -3.25. The van der Waals surface area contributed by atoms with E-state index >= 15 is 0 Å². The van der Waals surface area contributed by atoms with Crippen LogP contribution in [-0.4, -0.2) is 30.9 Å². The van der Waals surface area contributed by atoms with Gasteiger partial charge in [-0.2, -0.15) is 0 Å². The molecular weight excluding hydrogens is 214 g/mol. The average molecular weight is 235 g/mol.